The van der Waals surface area contributed by atoms with Crippen LogP contribution >= 0.6 is 0 Å². The molecular formula is C37H38B2N+. The van der Waals surface area contributed by atoms with E-state index in [1.165, 1.54) is 42.6 Å². The largest absolute Gasteiger partial charge is 0.241 e. The average Bonchev–Trinajstić information content (AvgIpc) is 3.05. The maximum absolute atomic E-state index is 8.60. The quantitative estimate of drug-likeness (QED) is 0.242. The van der Waals surface area contributed by atoms with Crippen molar-refractivity contribution in [2.45, 2.75) is 48.1 Å². The van der Waals surface area contributed by atoms with E-state index in [9.17, 15) is 0 Å². The van der Waals surface area contributed by atoms with E-state index in [-0.39, 0.29) is 38.7 Å². The molecule has 1 aliphatic heterocycles. The Kier molecular flexibility index (Phi) is 3.53. The lowest BCUT2D eigenvalue weighted by atomic mass is 9.20. The number of pyridine rings is 1. The van der Waals surface area contributed by atoms with Gasteiger partial charge >= 0.3 is 0 Å². The van der Waals surface area contributed by atoms with Crippen LogP contribution in [0.2, 0.25) is 0 Å². The maximum Gasteiger partial charge on any atom is 0.241 e. The summed E-state index contributed by atoms with van der Waals surface area (Å²) in [6, 6.07) is 20.7. The Morgan fingerprint density at radius 2 is 1.10 bits per heavy atom. The molecule has 0 unspecified atom stereocenters. The second kappa shape index (κ2) is 9.97. The lowest BCUT2D eigenvalue weighted by Crippen LogP contribution is -2.76. The van der Waals surface area contributed by atoms with E-state index in [0.717, 1.165) is 0 Å². The first-order chi connectivity index (χ1) is 25.2. The summed E-state index contributed by atoms with van der Waals surface area (Å²) in [5, 5.41) is 0. The summed E-state index contributed by atoms with van der Waals surface area (Å²) in [6.45, 7) is -11.8. The molecule has 0 aliphatic carbocycles. The third kappa shape index (κ3) is 4.06. The minimum absolute atomic E-state index is 0.0633. The molecule has 0 fully saturated rings. The van der Waals surface area contributed by atoms with Crippen molar-refractivity contribution in [1.82, 2.24) is 0 Å². The standard InChI is InChI=1S/C37H38B2N/c1-23-13-11-14-24(2)35(23)38-31-17-9-10-18-32(31)39(36-25(3)15-12-16-26(36)4)37-29(7)30(19-20-33(37)38)34-21-27(5)28(6)22-40(34)8/h9-22H,1-8H3/q+1/i1D3,2D3,3D3,4D3,6D3. The van der Waals surface area contributed by atoms with Crippen LogP contribution in [0, 0.1) is 48.1 Å². The average molecular weight is 533 g/mol. The van der Waals surface area contributed by atoms with Gasteiger partial charge in [-0.1, -0.05) is 122 Å². The molecule has 0 atom stereocenters. The normalized spacial score (nSPS) is 19.5. The Balaban J connectivity index is 1.84. The van der Waals surface area contributed by atoms with Gasteiger partial charge in [0, 0.05) is 37.8 Å². The Hall–Kier alpha value is -3.84. The van der Waals surface area contributed by atoms with Crippen LogP contribution in [-0.4, -0.2) is 13.4 Å². The zero-order valence-corrected chi connectivity index (χ0v) is 22.7. The van der Waals surface area contributed by atoms with Crippen molar-refractivity contribution in [2.24, 2.45) is 7.05 Å². The fourth-order valence-corrected chi connectivity index (χ4v) is 6.40. The van der Waals surface area contributed by atoms with Crippen molar-refractivity contribution < 1.29 is 25.1 Å². The molecule has 0 spiro atoms. The van der Waals surface area contributed by atoms with E-state index in [4.69, 9.17) is 20.6 Å². The first-order valence-corrected chi connectivity index (χ1v) is 13.3. The van der Waals surface area contributed by atoms with Gasteiger partial charge in [-0.25, -0.2) is 4.57 Å². The summed E-state index contributed by atoms with van der Waals surface area (Å²) in [5.41, 5.74) is 4.02. The van der Waals surface area contributed by atoms with Gasteiger partial charge in [-0.05, 0) is 65.3 Å². The number of aryl methyl sites for hydroxylation is 7. The van der Waals surface area contributed by atoms with Crippen LogP contribution in [0.4, 0.5) is 0 Å². The number of rotatable bonds is 3. The molecule has 1 aromatic heterocycles. The summed E-state index contributed by atoms with van der Waals surface area (Å²) in [6.07, 6.45) is 1.54. The fourth-order valence-electron chi connectivity index (χ4n) is 6.40. The highest BCUT2D eigenvalue weighted by atomic mass is 14.9. The van der Waals surface area contributed by atoms with E-state index in [1.54, 1.807) is 54.9 Å². The molecule has 1 nitrogen and oxygen atoms in total. The maximum atomic E-state index is 8.60. The first-order valence-electron chi connectivity index (χ1n) is 20.8. The van der Waals surface area contributed by atoms with Crippen molar-refractivity contribution in [3.63, 3.8) is 0 Å². The van der Waals surface area contributed by atoms with E-state index < -0.39 is 47.7 Å². The van der Waals surface area contributed by atoms with Gasteiger partial charge in [0.25, 0.3) is 0 Å². The van der Waals surface area contributed by atoms with Gasteiger partial charge in [0.1, 0.15) is 7.05 Å². The van der Waals surface area contributed by atoms with Crippen LogP contribution in [0.15, 0.2) is 85.1 Å². The van der Waals surface area contributed by atoms with Gasteiger partial charge in [0.15, 0.2) is 6.20 Å². The summed E-state index contributed by atoms with van der Waals surface area (Å²) in [7, 11) is 1.71. The van der Waals surface area contributed by atoms with Gasteiger partial charge < -0.3 is 0 Å². The van der Waals surface area contributed by atoms with Crippen molar-refractivity contribution in [2.75, 3.05) is 0 Å². The van der Waals surface area contributed by atoms with Crippen molar-refractivity contribution in [3.8, 4) is 11.3 Å². The lowest BCUT2D eigenvalue weighted by molar-refractivity contribution is -0.660. The van der Waals surface area contributed by atoms with E-state index in [2.05, 4.69) is 0 Å². The van der Waals surface area contributed by atoms with Crippen LogP contribution in [0.5, 0.6) is 0 Å². The monoisotopic (exact) mass is 533 g/mol. The van der Waals surface area contributed by atoms with E-state index in [0.29, 0.717) is 44.2 Å². The van der Waals surface area contributed by atoms with Crippen LogP contribution in [0.1, 0.15) is 59.5 Å². The number of benzene rings is 4. The molecule has 0 saturated carbocycles. The molecule has 1 aliphatic rings. The lowest BCUT2D eigenvalue weighted by Gasteiger charge is -2.36. The van der Waals surface area contributed by atoms with Crippen molar-refractivity contribution >= 4 is 46.2 Å². The Labute approximate surface area is 262 Å². The molecule has 0 bridgehead atoms. The second-order valence-corrected chi connectivity index (χ2v) is 10.6. The van der Waals surface area contributed by atoms with Crippen LogP contribution in [0.3, 0.4) is 0 Å². The van der Waals surface area contributed by atoms with E-state index >= 15 is 0 Å². The highest BCUT2D eigenvalue weighted by Gasteiger charge is 2.41. The number of fused-ring (bicyclic) bond motifs is 2. The SMILES string of the molecule is [2H]C([2H])([2H])c1c[n+](C)c(-c2ccc3c(c2C)B(c2c(C([2H])([2H])[2H])cccc2C([2H])([2H])[2H])c2ccccc2B3c2c(C([2H])([2H])[2H])cccc2C([2H])([2H])[2H])cc1C. The zero-order valence-electron chi connectivity index (χ0n) is 37.7. The molecule has 40 heavy (non-hydrogen) atoms. The number of hydrogen-bond donors (Lipinski definition) is 0. The zero-order chi connectivity index (χ0) is 40.8. The predicted molar refractivity (Wildman–Crippen MR) is 175 cm³/mol. The van der Waals surface area contributed by atoms with Gasteiger partial charge in [-0.2, -0.15) is 0 Å². The molecule has 0 saturated heterocycles. The number of aromatic nitrogens is 1. The summed E-state index contributed by atoms with van der Waals surface area (Å²) >= 11 is 0. The van der Waals surface area contributed by atoms with Crippen LogP contribution in [-0.2, 0) is 7.05 Å². The highest BCUT2D eigenvalue weighted by Crippen LogP contribution is 2.22. The van der Waals surface area contributed by atoms with Crippen molar-refractivity contribution in [1.29, 1.82) is 0 Å². The van der Waals surface area contributed by atoms with Gasteiger partial charge in [0.2, 0.25) is 19.1 Å². The fraction of sp³-hybridized carbons (Fsp3) is 0.216. The first kappa shape index (κ1) is 14.2. The Bertz CT molecular complexity index is 2250. The molecule has 0 radical (unpaired) electrons. The predicted octanol–water partition coefficient (Wildman–Crippen LogP) is 3.68. The molecule has 5 aromatic rings. The van der Waals surface area contributed by atoms with Gasteiger partial charge in [-0.15, -0.1) is 0 Å². The summed E-state index contributed by atoms with van der Waals surface area (Å²) < 4.78 is 129. The molecule has 0 N–H and O–H groups in total. The Morgan fingerprint density at radius 1 is 0.550 bits per heavy atom. The minimum Gasteiger partial charge on any atom is -0.201 e. The molecule has 3 heteroatoms. The highest BCUT2D eigenvalue weighted by molar-refractivity contribution is 7.11. The molecule has 2 heterocycles. The second-order valence-electron chi connectivity index (χ2n) is 10.6. The van der Waals surface area contributed by atoms with E-state index in [1.807, 2.05) is 13.0 Å². The van der Waals surface area contributed by atoms with Gasteiger partial charge in [0.05, 0.1) is 0 Å². The smallest absolute Gasteiger partial charge is 0.201 e. The third-order valence-electron chi connectivity index (χ3n) is 8.31. The molecule has 0 amide bonds. The number of nitrogens with zero attached hydrogens (tertiary/aromatic N) is 1. The van der Waals surface area contributed by atoms with Gasteiger partial charge in [-0.3, -0.25) is 0 Å². The topological polar surface area (TPSA) is 3.88 Å². The Morgan fingerprint density at radius 3 is 1.68 bits per heavy atom. The van der Waals surface area contributed by atoms with Crippen LogP contribution < -0.4 is 37.3 Å². The third-order valence-corrected chi connectivity index (χ3v) is 8.31. The van der Waals surface area contributed by atoms with Crippen LogP contribution in [0.25, 0.3) is 11.3 Å². The summed E-state index contributed by atoms with van der Waals surface area (Å²) in [5.74, 6) is 0. The molecule has 196 valence electrons. The minimum atomic E-state index is -2.75. The molecule has 4 aromatic carbocycles. The molecule has 6 rings (SSSR count). The number of hydrogen-bond acceptors (Lipinski definition) is 0. The van der Waals surface area contributed by atoms with Crippen molar-refractivity contribution in [3.05, 3.63) is 124 Å². The molecular weight excluding hydrogens is 480 g/mol. The summed E-state index contributed by atoms with van der Waals surface area (Å²) in [4.78, 5) is 0.